The zero-order chi connectivity index (χ0) is 28.8. The number of hydrogen-bond acceptors (Lipinski definition) is 7. The first-order valence-corrected chi connectivity index (χ1v) is 15.8. The van der Waals surface area contributed by atoms with Crippen LogP contribution in [-0.2, 0) is 14.4 Å². The van der Waals surface area contributed by atoms with Gasteiger partial charge in [0.1, 0.15) is 6.04 Å². The molecule has 4 aliphatic rings. The van der Waals surface area contributed by atoms with Crippen LogP contribution in [0, 0.1) is 12.8 Å². The number of carbonyl (C=O) groups excluding carboxylic acids is 4. The highest BCUT2D eigenvalue weighted by Gasteiger charge is 2.35. The Hall–Kier alpha value is -2.62. The van der Waals surface area contributed by atoms with Gasteiger partial charge in [-0.05, 0) is 120 Å². The van der Waals surface area contributed by atoms with Crippen LogP contribution in [0.3, 0.4) is 0 Å². The van der Waals surface area contributed by atoms with Gasteiger partial charge in [-0.3, -0.25) is 29.4 Å². The maximum Gasteiger partial charge on any atom is 0.261 e. The van der Waals surface area contributed by atoms with Crippen LogP contribution in [0.1, 0.15) is 85.2 Å². The standard InChI is InChI=1S/C32H47N5O4/c1-24-21-27(5-6-28(24)32(41)37(23-38)29-7-8-30(39)33-31(29)40)26-11-17-35(18-12-26)20-19-34-15-9-25(10-16-34)22-36-13-3-2-4-14-36/h5-6,21,23,25-26,29H,2-4,7-20,22H2,1H3,(H,33,39,40). The molecule has 4 heterocycles. The van der Waals surface area contributed by atoms with Gasteiger partial charge in [0.2, 0.25) is 18.2 Å². The molecule has 0 aromatic heterocycles. The highest BCUT2D eigenvalue weighted by atomic mass is 16.2. The number of imide groups is 2. The van der Waals surface area contributed by atoms with Crippen molar-refractivity contribution >= 4 is 24.1 Å². The minimum Gasteiger partial charge on any atom is -0.303 e. The summed E-state index contributed by atoms with van der Waals surface area (Å²) in [5.74, 6) is -0.135. The molecule has 0 saturated carbocycles. The van der Waals surface area contributed by atoms with E-state index >= 15 is 0 Å². The molecular weight excluding hydrogens is 518 g/mol. The maximum absolute atomic E-state index is 13.2. The minimum atomic E-state index is -0.952. The number of amides is 4. The molecule has 224 valence electrons. The first-order valence-electron chi connectivity index (χ1n) is 15.8. The topological polar surface area (TPSA) is 93.3 Å². The van der Waals surface area contributed by atoms with Crippen LogP contribution in [0.4, 0.5) is 0 Å². The van der Waals surface area contributed by atoms with E-state index in [9.17, 15) is 19.2 Å². The van der Waals surface area contributed by atoms with Crippen LogP contribution in [0.15, 0.2) is 18.2 Å². The molecule has 1 aromatic carbocycles. The van der Waals surface area contributed by atoms with Crippen molar-refractivity contribution in [2.75, 3.05) is 58.9 Å². The van der Waals surface area contributed by atoms with E-state index in [1.54, 1.807) is 6.07 Å². The summed E-state index contributed by atoms with van der Waals surface area (Å²) < 4.78 is 0. The summed E-state index contributed by atoms with van der Waals surface area (Å²) in [6, 6.07) is 4.90. The Morgan fingerprint density at radius 1 is 0.902 bits per heavy atom. The zero-order valence-corrected chi connectivity index (χ0v) is 24.7. The number of rotatable bonds is 9. The Morgan fingerprint density at radius 2 is 1.56 bits per heavy atom. The summed E-state index contributed by atoms with van der Waals surface area (Å²) in [7, 11) is 0. The van der Waals surface area contributed by atoms with Crippen molar-refractivity contribution in [1.29, 1.82) is 0 Å². The number of likely N-dealkylation sites (tertiary alicyclic amines) is 3. The van der Waals surface area contributed by atoms with Crippen molar-refractivity contribution in [2.45, 2.75) is 76.7 Å². The summed E-state index contributed by atoms with van der Waals surface area (Å²) in [5.41, 5.74) is 2.45. The van der Waals surface area contributed by atoms with Crippen molar-refractivity contribution in [3.05, 3.63) is 34.9 Å². The molecule has 0 spiro atoms. The Kier molecular flexibility index (Phi) is 10.2. The second kappa shape index (κ2) is 14.0. The largest absolute Gasteiger partial charge is 0.303 e. The fourth-order valence-corrected chi connectivity index (χ4v) is 7.20. The maximum atomic E-state index is 13.2. The third-order valence-corrected chi connectivity index (χ3v) is 9.84. The van der Waals surface area contributed by atoms with E-state index < -0.39 is 17.9 Å². The molecule has 5 rings (SSSR count). The van der Waals surface area contributed by atoms with Crippen LogP contribution in [0.5, 0.6) is 0 Å². The third-order valence-electron chi connectivity index (χ3n) is 9.84. The van der Waals surface area contributed by atoms with Crippen LogP contribution >= 0.6 is 0 Å². The SMILES string of the molecule is Cc1cc(C2CCN(CCN3CCC(CN4CCCCC4)CC3)CC2)ccc1C(=O)N(C=O)C1CCC(=O)NC1=O. The third kappa shape index (κ3) is 7.62. The number of benzene rings is 1. The molecule has 0 bridgehead atoms. The van der Waals surface area contributed by atoms with Gasteiger partial charge in [-0.25, -0.2) is 0 Å². The molecule has 1 unspecified atom stereocenters. The molecule has 9 nitrogen and oxygen atoms in total. The first kappa shape index (κ1) is 29.9. The van der Waals surface area contributed by atoms with Crippen LogP contribution in [0.25, 0.3) is 0 Å². The molecule has 0 aliphatic carbocycles. The normalized spacial score (nSPS) is 24.3. The van der Waals surface area contributed by atoms with Gasteiger partial charge in [0.25, 0.3) is 5.91 Å². The first-order chi connectivity index (χ1) is 19.9. The van der Waals surface area contributed by atoms with E-state index in [2.05, 4.69) is 26.1 Å². The van der Waals surface area contributed by atoms with Gasteiger partial charge < -0.3 is 14.7 Å². The molecular formula is C32H47N5O4. The molecule has 1 atom stereocenters. The zero-order valence-electron chi connectivity index (χ0n) is 24.7. The van der Waals surface area contributed by atoms with E-state index in [0.29, 0.717) is 17.9 Å². The average Bonchev–Trinajstić information content (AvgIpc) is 2.99. The van der Waals surface area contributed by atoms with Gasteiger partial charge in [0.05, 0.1) is 0 Å². The highest BCUT2D eigenvalue weighted by Crippen LogP contribution is 2.30. The summed E-state index contributed by atoms with van der Waals surface area (Å²) in [6.45, 7) is 12.8. The van der Waals surface area contributed by atoms with Crippen molar-refractivity contribution in [2.24, 2.45) is 5.92 Å². The van der Waals surface area contributed by atoms with Crippen molar-refractivity contribution in [3.8, 4) is 0 Å². The molecule has 0 radical (unpaired) electrons. The number of carbonyl (C=O) groups is 4. The number of aryl methyl sites for hydroxylation is 1. The lowest BCUT2D eigenvalue weighted by molar-refractivity contribution is -0.139. The lowest BCUT2D eigenvalue weighted by Crippen LogP contribution is -2.53. The van der Waals surface area contributed by atoms with Crippen LogP contribution in [-0.4, -0.2) is 109 Å². The van der Waals surface area contributed by atoms with Crippen LogP contribution in [0.2, 0.25) is 0 Å². The number of piperidine rings is 4. The predicted molar refractivity (Wildman–Crippen MR) is 157 cm³/mol. The van der Waals surface area contributed by atoms with E-state index in [-0.39, 0.29) is 18.7 Å². The Bertz CT molecular complexity index is 1090. The van der Waals surface area contributed by atoms with Crippen LogP contribution < -0.4 is 5.32 Å². The summed E-state index contributed by atoms with van der Waals surface area (Å²) in [6.07, 6.45) is 9.73. The second-order valence-electron chi connectivity index (χ2n) is 12.6. The molecule has 41 heavy (non-hydrogen) atoms. The molecule has 9 heteroatoms. The van der Waals surface area contributed by atoms with Gasteiger partial charge in [-0.15, -0.1) is 0 Å². The minimum absolute atomic E-state index is 0.113. The summed E-state index contributed by atoms with van der Waals surface area (Å²) in [5, 5.41) is 2.22. The second-order valence-corrected chi connectivity index (χ2v) is 12.6. The highest BCUT2D eigenvalue weighted by molar-refractivity contribution is 6.07. The summed E-state index contributed by atoms with van der Waals surface area (Å²) in [4.78, 5) is 57.6. The molecule has 1 N–H and O–H groups in total. The fourth-order valence-electron chi connectivity index (χ4n) is 7.20. The number of nitrogens with zero attached hydrogens (tertiary/aromatic N) is 4. The lowest BCUT2D eigenvalue weighted by atomic mass is 9.87. The van der Waals surface area contributed by atoms with Gasteiger partial charge >= 0.3 is 0 Å². The Morgan fingerprint density at radius 3 is 2.17 bits per heavy atom. The van der Waals surface area contributed by atoms with E-state index in [4.69, 9.17) is 0 Å². The molecule has 4 aliphatic heterocycles. The van der Waals surface area contributed by atoms with Crippen molar-refractivity contribution in [3.63, 3.8) is 0 Å². The van der Waals surface area contributed by atoms with E-state index in [1.165, 1.54) is 70.4 Å². The van der Waals surface area contributed by atoms with Gasteiger partial charge in [-0.1, -0.05) is 18.6 Å². The molecule has 4 saturated heterocycles. The molecule has 4 amide bonds. The van der Waals surface area contributed by atoms with Gasteiger partial charge in [-0.2, -0.15) is 0 Å². The number of nitrogens with one attached hydrogen (secondary N) is 1. The van der Waals surface area contributed by atoms with Crippen molar-refractivity contribution < 1.29 is 19.2 Å². The number of hydrogen-bond donors (Lipinski definition) is 1. The molecule has 4 fully saturated rings. The summed E-state index contributed by atoms with van der Waals surface area (Å²) >= 11 is 0. The fraction of sp³-hybridized carbons (Fsp3) is 0.688. The quantitative estimate of drug-likeness (QED) is 0.364. The van der Waals surface area contributed by atoms with Gasteiger partial charge in [0.15, 0.2) is 0 Å². The Labute approximate surface area is 244 Å². The lowest BCUT2D eigenvalue weighted by Gasteiger charge is -2.38. The van der Waals surface area contributed by atoms with Gasteiger partial charge in [0, 0.05) is 31.6 Å². The van der Waals surface area contributed by atoms with E-state index in [1.807, 2.05) is 13.0 Å². The Balaban J connectivity index is 1.06. The predicted octanol–water partition coefficient (Wildman–Crippen LogP) is 2.78. The van der Waals surface area contributed by atoms with Crippen molar-refractivity contribution in [1.82, 2.24) is 24.9 Å². The van der Waals surface area contributed by atoms with E-state index in [0.717, 1.165) is 55.4 Å². The smallest absolute Gasteiger partial charge is 0.261 e. The molecule has 1 aromatic rings. The monoisotopic (exact) mass is 565 g/mol. The average molecular weight is 566 g/mol.